The molecule has 132 valence electrons. The second kappa shape index (κ2) is 6.86. The van der Waals surface area contributed by atoms with Gasteiger partial charge in [-0.1, -0.05) is 6.92 Å². The van der Waals surface area contributed by atoms with Crippen LogP contribution in [0, 0.1) is 11.8 Å². The molecule has 3 N–H and O–H groups in total. The first-order chi connectivity index (χ1) is 10.3. The second-order valence-electron chi connectivity index (χ2n) is 7.69. The molecule has 1 aliphatic heterocycles. The molecule has 0 aromatic heterocycles. The smallest absolute Gasteiger partial charge is 0.309 e. The van der Waals surface area contributed by atoms with Gasteiger partial charge in [0.15, 0.2) is 0 Å². The number of nitrogens with one attached hydrogen (secondary N) is 1. The van der Waals surface area contributed by atoms with Crippen LogP contribution in [0.1, 0.15) is 53.9 Å². The minimum absolute atomic E-state index is 0.205. The first kappa shape index (κ1) is 19.4. The number of carbonyl (C=O) groups excluding carboxylic acids is 1. The van der Waals surface area contributed by atoms with E-state index in [1.54, 1.807) is 0 Å². The molecule has 2 unspecified atom stereocenters. The Morgan fingerprint density at radius 1 is 1.13 bits per heavy atom. The van der Waals surface area contributed by atoms with E-state index >= 15 is 0 Å². The van der Waals surface area contributed by atoms with Crippen molar-refractivity contribution in [3.8, 4) is 0 Å². The van der Waals surface area contributed by atoms with Gasteiger partial charge in [0.2, 0.25) is 0 Å². The van der Waals surface area contributed by atoms with Gasteiger partial charge in [0.25, 0.3) is 0 Å². The molecule has 1 heterocycles. The molecule has 7 nitrogen and oxygen atoms in total. The minimum atomic E-state index is -1.30. The molecule has 0 aromatic carbocycles. The van der Waals surface area contributed by atoms with Crippen molar-refractivity contribution < 1.29 is 29.3 Å². The van der Waals surface area contributed by atoms with Gasteiger partial charge < -0.3 is 20.3 Å². The van der Waals surface area contributed by atoms with Crippen molar-refractivity contribution in [3.05, 3.63) is 0 Å². The Morgan fingerprint density at radius 3 is 2.00 bits per heavy atom. The molecule has 1 saturated heterocycles. The van der Waals surface area contributed by atoms with Crippen LogP contribution in [-0.2, 0) is 19.1 Å². The normalized spacial score (nSPS) is 22.8. The van der Waals surface area contributed by atoms with Crippen LogP contribution >= 0.6 is 0 Å². The summed E-state index contributed by atoms with van der Waals surface area (Å²) < 4.78 is 5.50. The zero-order valence-electron chi connectivity index (χ0n) is 14.4. The van der Waals surface area contributed by atoms with E-state index in [1.165, 1.54) is 6.92 Å². The summed E-state index contributed by atoms with van der Waals surface area (Å²) in [6, 6.07) is 0. The number of aliphatic carboxylic acids is 2. The molecule has 7 heteroatoms. The lowest BCUT2D eigenvalue weighted by molar-refractivity contribution is -0.165. The van der Waals surface area contributed by atoms with E-state index in [1.807, 2.05) is 27.7 Å². The van der Waals surface area contributed by atoms with Crippen molar-refractivity contribution >= 4 is 17.9 Å². The molecule has 0 bridgehead atoms. The summed E-state index contributed by atoms with van der Waals surface area (Å²) >= 11 is 0. The number of rotatable bonds is 6. The molecular formula is C16H27NO6. The average Bonchev–Trinajstić information content (AvgIpc) is 2.30. The zero-order valence-corrected chi connectivity index (χ0v) is 14.4. The monoisotopic (exact) mass is 329 g/mol. The largest absolute Gasteiger partial charge is 0.481 e. The number of esters is 1. The Hall–Kier alpha value is -1.63. The van der Waals surface area contributed by atoms with E-state index in [-0.39, 0.29) is 17.2 Å². The predicted octanol–water partition coefficient (Wildman–Crippen LogP) is 1.65. The molecule has 1 fully saturated rings. The number of hydrogen-bond donors (Lipinski definition) is 3. The fraction of sp³-hybridized carbons (Fsp3) is 0.812. The molecule has 0 aromatic rings. The molecule has 0 saturated carbocycles. The fourth-order valence-corrected chi connectivity index (χ4v) is 3.41. The lowest BCUT2D eigenvalue weighted by Gasteiger charge is -2.46. The van der Waals surface area contributed by atoms with Crippen LogP contribution in [0.4, 0.5) is 0 Å². The molecule has 1 rings (SSSR count). The summed E-state index contributed by atoms with van der Waals surface area (Å²) in [5.41, 5.74) is -0.410. The van der Waals surface area contributed by atoms with Gasteiger partial charge in [-0.15, -0.1) is 0 Å². The Kier molecular flexibility index (Phi) is 5.79. The van der Waals surface area contributed by atoms with Gasteiger partial charge >= 0.3 is 17.9 Å². The SMILES string of the molecule is CC(C(=O)OC1CC(C)(C)NC(C)(C)C1)C(CC(=O)O)C(=O)O. The second-order valence-corrected chi connectivity index (χ2v) is 7.69. The Balaban J connectivity index is 2.77. The highest BCUT2D eigenvalue weighted by Crippen LogP contribution is 2.31. The van der Waals surface area contributed by atoms with Crippen molar-refractivity contribution in [2.24, 2.45) is 11.8 Å². The lowest BCUT2D eigenvalue weighted by atomic mass is 9.81. The number of carbonyl (C=O) groups is 3. The van der Waals surface area contributed by atoms with Crippen LogP contribution < -0.4 is 5.32 Å². The third kappa shape index (κ3) is 5.82. The van der Waals surface area contributed by atoms with E-state index < -0.39 is 36.2 Å². The molecule has 23 heavy (non-hydrogen) atoms. The van der Waals surface area contributed by atoms with Gasteiger partial charge in [-0.05, 0) is 27.7 Å². The lowest BCUT2D eigenvalue weighted by Crippen LogP contribution is -2.60. The Morgan fingerprint density at radius 2 is 1.61 bits per heavy atom. The van der Waals surface area contributed by atoms with Crippen molar-refractivity contribution in [1.29, 1.82) is 0 Å². The molecule has 0 spiro atoms. The molecule has 0 aliphatic carbocycles. The summed E-state index contributed by atoms with van der Waals surface area (Å²) in [4.78, 5) is 34.2. The van der Waals surface area contributed by atoms with Crippen LogP contribution in [0.15, 0.2) is 0 Å². The van der Waals surface area contributed by atoms with Gasteiger partial charge in [0.05, 0.1) is 18.3 Å². The zero-order chi connectivity index (χ0) is 18.0. The molecular weight excluding hydrogens is 302 g/mol. The van der Waals surface area contributed by atoms with Gasteiger partial charge in [-0.3, -0.25) is 14.4 Å². The van der Waals surface area contributed by atoms with Crippen LogP contribution in [0.2, 0.25) is 0 Å². The highest BCUT2D eigenvalue weighted by molar-refractivity contribution is 5.84. The van der Waals surface area contributed by atoms with Crippen LogP contribution in [0.3, 0.4) is 0 Å². The van der Waals surface area contributed by atoms with Gasteiger partial charge in [-0.25, -0.2) is 0 Å². The third-order valence-corrected chi connectivity index (χ3v) is 4.12. The van der Waals surface area contributed by atoms with Crippen molar-refractivity contribution in [3.63, 3.8) is 0 Å². The number of carboxylic acid groups (broad SMARTS) is 2. The topological polar surface area (TPSA) is 113 Å². The third-order valence-electron chi connectivity index (χ3n) is 4.12. The molecule has 1 aliphatic rings. The van der Waals surface area contributed by atoms with E-state index in [9.17, 15) is 14.4 Å². The first-order valence-electron chi connectivity index (χ1n) is 7.77. The predicted molar refractivity (Wildman–Crippen MR) is 83.0 cm³/mol. The van der Waals surface area contributed by atoms with E-state index in [0.29, 0.717) is 12.8 Å². The fourth-order valence-electron chi connectivity index (χ4n) is 3.41. The van der Waals surface area contributed by atoms with Gasteiger partial charge in [-0.2, -0.15) is 0 Å². The summed E-state index contributed by atoms with van der Waals surface area (Å²) in [6.07, 6.45) is 0.307. The maximum Gasteiger partial charge on any atom is 0.309 e. The number of ether oxygens (including phenoxy) is 1. The van der Waals surface area contributed by atoms with E-state index in [2.05, 4.69) is 5.32 Å². The van der Waals surface area contributed by atoms with Crippen molar-refractivity contribution in [2.75, 3.05) is 0 Å². The Labute approximate surface area is 136 Å². The maximum absolute atomic E-state index is 12.3. The van der Waals surface area contributed by atoms with E-state index in [0.717, 1.165) is 0 Å². The summed E-state index contributed by atoms with van der Waals surface area (Å²) in [6.45, 7) is 9.47. The highest BCUT2D eigenvalue weighted by atomic mass is 16.5. The maximum atomic E-state index is 12.3. The summed E-state index contributed by atoms with van der Waals surface area (Å²) in [5, 5.41) is 21.4. The Bertz CT molecular complexity index is 469. The molecule has 0 amide bonds. The van der Waals surface area contributed by atoms with Crippen LogP contribution in [0.5, 0.6) is 0 Å². The van der Waals surface area contributed by atoms with Crippen molar-refractivity contribution in [2.45, 2.75) is 71.1 Å². The van der Waals surface area contributed by atoms with Crippen LogP contribution in [0.25, 0.3) is 0 Å². The number of hydrogen-bond acceptors (Lipinski definition) is 5. The number of carboxylic acids is 2. The average molecular weight is 329 g/mol. The first-order valence-corrected chi connectivity index (χ1v) is 7.77. The van der Waals surface area contributed by atoms with Gasteiger partial charge in [0, 0.05) is 23.9 Å². The quantitative estimate of drug-likeness (QED) is 0.635. The van der Waals surface area contributed by atoms with Crippen molar-refractivity contribution in [1.82, 2.24) is 5.32 Å². The van der Waals surface area contributed by atoms with Gasteiger partial charge in [0.1, 0.15) is 6.10 Å². The van der Waals surface area contributed by atoms with E-state index in [4.69, 9.17) is 14.9 Å². The van der Waals surface area contributed by atoms with Crippen LogP contribution in [-0.4, -0.2) is 45.3 Å². The minimum Gasteiger partial charge on any atom is -0.481 e. The summed E-state index contributed by atoms with van der Waals surface area (Å²) in [5.74, 6) is -5.51. The summed E-state index contributed by atoms with van der Waals surface area (Å²) in [7, 11) is 0. The highest BCUT2D eigenvalue weighted by Gasteiger charge is 2.41. The standard InChI is InChI=1S/C16H27NO6/c1-9(11(13(20)21)6-12(18)19)14(22)23-10-7-15(2,3)17-16(4,5)8-10/h9-11,17H,6-8H2,1-5H3,(H,18,19)(H,20,21). The molecule has 2 atom stereocenters. The molecule has 0 radical (unpaired) electrons. The number of piperidine rings is 1.